The highest BCUT2D eigenvalue weighted by molar-refractivity contribution is 9.10. The number of nitrogen functional groups attached to an aromatic ring is 1. The summed E-state index contributed by atoms with van der Waals surface area (Å²) in [5.41, 5.74) is 6.06. The molecule has 0 atom stereocenters. The molecular formula is C10H13BrN2O4S2. The van der Waals surface area contributed by atoms with Crippen LogP contribution in [0.25, 0.3) is 0 Å². The Morgan fingerprint density at radius 1 is 1.21 bits per heavy atom. The molecule has 106 valence electrons. The highest BCUT2D eigenvalue weighted by Crippen LogP contribution is 2.25. The Morgan fingerprint density at radius 2 is 1.79 bits per heavy atom. The van der Waals surface area contributed by atoms with E-state index in [1.54, 1.807) is 0 Å². The molecule has 0 unspecified atom stereocenters. The number of rotatable bonds is 2. The molecule has 0 amide bonds. The largest absolute Gasteiger partial charge is 0.398 e. The zero-order valence-electron chi connectivity index (χ0n) is 9.91. The minimum Gasteiger partial charge on any atom is -0.398 e. The van der Waals surface area contributed by atoms with Gasteiger partial charge in [0.25, 0.3) is 0 Å². The van der Waals surface area contributed by atoms with Crippen molar-refractivity contribution < 1.29 is 16.8 Å². The van der Waals surface area contributed by atoms with Crippen LogP contribution in [0.3, 0.4) is 0 Å². The van der Waals surface area contributed by atoms with E-state index in [4.69, 9.17) is 5.73 Å². The van der Waals surface area contributed by atoms with Crippen LogP contribution in [0.2, 0.25) is 0 Å². The molecule has 1 fully saturated rings. The molecular weight excluding hydrogens is 356 g/mol. The van der Waals surface area contributed by atoms with Gasteiger partial charge >= 0.3 is 0 Å². The Bertz CT molecular complexity index is 686. The number of halogens is 1. The fourth-order valence-electron chi connectivity index (χ4n) is 1.75. The van der Waals surface area contributed by atoms with Crippen molar-refractivity contribution in [2.45, 2.75) is 4.90 Å². The maximum absolute atomic E-state index is 12.3. The van der Waals surface area contributed by atoms with Gasteiger partial charge in [-0.15, -0.1) is 0 Å². The second kappa shape index (κ2) is 5.04. The maximum atomic E-state index is 12.3. The number of anilines is 1. The standard InChI is InChI=1S/C10H13BrN2O4S2/c11-9-7-8(1-2-10(9)12)19(16,17)13-3-5-18(14,15)6-4-13/h1-2,7H,3-6,12H2. The first-order valence-corrected chi connectivity index (χ1v) is 9.53. The summed E-state index contributed by atoms with van der Waals surface area (Å²) in [5.74, 6) is -0.273. The third-order valence-corrected chi connectivity index (χ3v) is 7.10. The summed E-state index contributed by atoms with van der Waals surface area (Å²) in [6.45, 7) is -0.0146. The van der Waals surface area contributed by atoms with Crippen LogP contribution in [0.15, 0.2) is 27.6 Å². The van der Waals surface area contributed by atoms with Crippen molar-refractivity contribution in [2.24, 2.45) is 0 Å². The maximum Gasteiger partial charge on any atom is 0.243 e. The zero-order valence-corrected chi connectivity index (χ0v) is 13.1. The fraction of sp³-hybridized carbons (Fsp3) is 0.400. The first-order chi connectivity index (χ1) is 8.72. The third-order valence-electron chi connectivity index (χ3n) is 2.91. The van der Waals surface area contributed by atoms with E-state index in [0.717, 1.165) is 0 Å². The minimum atomic E-state index is -3.67. The smallest absolute Gasteiger partial charge is 0.243 e. The van der Waals surface area contributed by atoms with Gasteiger partial charge in [-0.1, -0.05) is 0 Å². The van der Waals surface area contributed by atoms with Crippen molar-refractivity contribution in [3.05, 3.63) is 22.7 Å². The summed E-state index contributed by atoms with van der Waals surface area (Å²) in [6, 6.07) is 4.34. The number of hydrogen-bond donors (Lipinski definition) is 1. The van der Waals surface area contributed by atoms with Crippen molar-refractivity contribution in [1.82, 2.24) is 4.31 Å². The molecule has 1 aliphatic rings. The summed E-state index contributed by atoms with van der Waals surface area (Å²) < 4.78 is 49.0. The average molecular weight is 369 g/mol. The lowest BCUT2D eigenvalue weighted by molar-refractivity contribution is 0.431. The van der Waals surface area contributed by atoms with Crippen molar-refractivity contribution in [3.8, 4) is 0 Å². The zero-order chi connectivity index (χ0) is 14.3. The van der Waals surface area contributed by atoms with Gasteiger partial charge in [-0.25, -0.2) is 16.8 Å². The molecule has 19 heavy (non-hydrogen) atoms. The number of sulfone groups is 1. The van der Waals surface area contributed by atoms with Crippen molar-refractivity contribution in [2.75, 3.05) is 30.3 Å². The molecule has 0 radical (unpaired) electrons. The Balaban J connectivity index is 2.30. The first-order valence-electron chi connectivity index (χ1n) is 5.48. The molecule has 1 heterocycles. The van der Waals surface area contributed by atoms with E-state index < -0.39 is 19.9 Å². The predicted octanol–water partition coefficient (Wildman–Crippen LogP) is 0.450. The van der Waals surface area contributed by atoms with Gasteiger partial charge in [0.1, 0.15) is 0 Å². The van der Waals surface area contributed by atoms with Gasteiger partial charge in [0.2, 0.25) is 10.0 Å². The predicted molar refractivity (Wildman–Crippen MR) is 76.0 cm³/mol. The normalized spacial score (nSPS) is 20.3. The van der Waals surface area contributed by atoms with Crippen LogP contribution >= 0.6 is 15.9 Å². The lowest BCUT2D eigenvalue weighted by Gasteiger charge is -2.26. The van der Waals surface area contributed by atoms with Crippen LogP contribution in [0.1, 0.15) is 0 Å². The summed E-state index contributed by atoms with van der Waals surface area (Å²) in [7, 11) is -6.78. The molecule has 0 saturated carbocycles. The molecule has 0 aromatic heterocycles. The minimum absolute atomic E-state index is 0.00728. The van der Waals surface area contributed by atoms with Gasteiger partial charge in [0.05, 0.1) is 16.4 Å². The lowest BCUT2D eigenvalue weighted by atomic mass is 10.3. The topological polar surface area (TPSA) is 97.5 Å². The van der Waals surface area contributed by atoms with Crippen LogP contribution in [0.5, 0.6) is 0 Å². The Hall–Kier alpha value is -0.640. The molecule has 0 spiro atoms. The van der Waals surface area contributed by atoms with E-state index in [1.807, 2.05) is 0 Å². The van der Waals surface area contributed by atoms with Gasteiger partial charge in [0.15, 0.2) is 9.84 Å². The summed E-state index contributed by atoms with van der Waals surface area (Å²) in [4.78, 5) is 0.105. The number of sulfonamides is 1. The van der Waals surface area contributed by atoms with E-state index in [-0.39, 0.29) is 29.5 Å². The van der Waals surface area contributed by atoms with E-state index in [2.05, 4.69) is 15.9 Å². The number of nitrogens with two attached hydrogens (primary N) is 1. The molecule has 2 rings (SSSR count). The van der Waals surface area contributed by atoms with Crippen LogP contribution in [0.4, 0.5) is 5.69 Å². The first kappa shape index (κ1) is 14.8. The van der Waals surface area contributed by atoms with Crippen molar-refractivity contribution >= 4 is 41.5 Å². The monoisotopic (exact) mass is 368 g/mol. The van der Waals surface area contributed by atoms with E-state index in [0.29, 0.717) is 10.2 Å². The Morgan fingerprint density at radius 3 is 2.32 bits per heavy atom. The molecule has 1 aromatic carbocycles. The average Bonchev–Trinajstić information content (AvgIpc) is 2.32. The SMILES string of the molecule is Nc1ccc(S(=O)(=O)N2CCS(=O)(=O)CC2)cc1Br. The fourth-order valence-corrected chi connectivity index (χ4v) is 5.18. The van der Waals surface area contributed by atoms with Crippen molar-refractivity contribution in [1.29, 1.82) is 0 Å². The second-order valence-corrected chi connectivity index (χ2v) is 9.34. The Labute approximate surface area is 120 Å². The highest BCUT2D eigenvalue weighted by Gasteiger charge is 2.31. The van der Waals surface area contributed by atoms with Crippen molar-refractivity contribution in [3.63, 3.8) is 0 Å². The van der Waals surface area contributed by atoms with Gasteiger partial charge in [-0.2, -0.15) is 4.31 Å². The number of benzene rings is 1. The van der Waals surface area contributed by atoms with Crippen LogP contribution < -0.4 is 5.73 Å². The molecule has 1 saturated heterocycles. The lowest BCUT2D eigenvalue weighted by Crippen LogP contribution is -2.43. The highest BCUT2D eigenvalue weighted by atomic mass is 79.9. The van der Waals surface area contributed by atoms with Gasteiger partial charge < -0.3 is 5.73 Å². The van der Waals surface area contributed by atoms with Gasteiger partial charge in [0, 0.05) is 23.2 Å². The Kier molecular flexibility index (Phi) is 3.92. The van der Waals surface area contributed by atoms with Crippen LogP contribution in [-0.4, -0.2) is 45.7 Å². The quantitative estimate of drug-likeness (QED) is 0.764. The summed E-state index contributed by atoms with van der Waals surface area (Å²) in [6.07, 6.45) is 0. The number of nitrogens with zero attached hydrogens (tertiary/aromatic N) is 1. The van der Waals surface area contributed by atoms with E-state index in [9.17, 15) is 16.8 Å². The molecule has 0 aliphatic carbocycles. The summed E-state index contributed by atoms with van der Waals surface area (Å²) >= 11 is 3.18. The van der Waals surface area contributed by atoms with Crippen LogP contribution in [0, 0.1) is 0 Å². The second-order valence-electron chi connectivity index (χ2n) is 4.24. The summed E-state index contributed by atoms with van der Waals surface area (Å²) in [5, 5.41) is 0. The molecule has 0 bridgehead atoms. The molecule has 9 heteroatoms. The third kappa shape index (κ3) is 3.10. The molecule has 6 nitrogen and oxygen atoms in total. The molecule has 1 aliphatic heterocycles. The molecule has 2 N–H and O–H groups in total. The van der Waals surface area contributed by atoms with Crippen LogP contribution in [-0.2, 0) is 19.9 Å². The van der Waals surface area contributed by atoms with Gasteiger partial charge in [-0.3, -0.25) is 0 Å². The van der Waals surface area contributed by atoms with E-state index >= 15 is 0 Å². The number of hydrogen-bond acceptors (Lipinski definition) is 5. The molecule has 1 aromatic rings. The van der Waals surface area contributed by atoms with Gasteiger partial charge in [-0.05, 0) is 34.1 Å². The van der Waals surface area contributed by atoms with E-state index in [1.165, 1.54) is 22.5 Å².